The Bertz CT molecular complexity index is 735. The van der Waals surface area contributed by atoms with E-state index >= 15 is 0 Å². The Hall–Kier alpha value is -2.35. The summed E-state index contributed by atoms with van der Waals surface area (Å²) in [6.07, 6.45) is 7.38. The molecule has 2 aromatic heterocycles. The molecule has 1 fully saturated rings. The molecular formula is C16H23N5O3. The van der Waals surface area contributed by atoms with E-state index in [0.717, 1.165) is 18.5 Å². The third-order valence-electron chi connectivity index (χ3n) is 4.48. The Morgan fingerprint density at radius 2 is 2.25 bits per heavy atom. The SMILES string of the molecule is Cn1ccn2ncc(C(=O)N3CCCC(C(=O)NCCCO)C3)c12. The molecule has 0 saturated carbocycles. The van der Waals surface area contributed by atoms with Crippen LogP contribution in [0, 0.1) is 5.92 Å². The van der Waals surface area contributed by atoms with Gasteiger partial charge in [-0.15, -0.1) is 0 Å². The Labute approximate surface area is 140 Å². The van der Waals surface area contributed by atoms with E-state index in [-0.39, 0.29) is 24.3 Å². The number of carbonyl (C=O) groups is 2. The number of nitrogens with one attached hydrogen (secondary N) is 1. The van der Waals surface area contributed by atoms with Gasteiger partial charge in [0.2, 0.25) is 5.91 Å². The van der Waals surface area contributed by atoms with E-state index < -0.39 is 0 Å². The van der Waals surface area contributed by atoms with E-state index in [4.69, 9.17) is 5.11 Å². The normalized spacial score (nSPS) is 18.1. The molecule has 1 atom stereocenters. The highest BCUT2D eigenvalue weighted by atomic mass is 16.3. The second-order valence-corrected chi connectivity index (χ2v) is 6.19. The molecule has 0 aromatic carbocycles. The van der Waals surface area contributed by atoms with Gasteiger partial charge in [0.1, 0.15) is 11.2 Å². The summed E-state index contributed by atoms with van der Waals surface area (Å²) in [5.41, 5.74) is 1.32. The number of hydrogen-bond acceptors (Lipinski definition) is 4. The molecule has 1 unspecified atom stereocenters. The van der Waals surface area contributed by atoms with Crippen molar-refractivity contribution in [3.8, 4) is 0 Å². The molecule has 0 bridgehead atoms. The molecule has 2 amide bonds. The first-order valence-electron chi connectivity index (χ1n) is 8.28. The van der Waals surface area contributed by atoms with Crippen molar-refractivity contribution in [2.75, 3.05) is 26.2 Å². The van der Waals surface area contributed by atoms with E-state index in [1.54, 1.807) is 21.8 Å². The van der Waals surface area contributed by atoms with Gasteiger partial charge in [-0.1, -0.05) is 0 Å². The maximum atomic E-state index is 12.8. The Balaban J connectivity index is 1.69. The number of piperidine rings is 1. The van der Waals surface area contributed by atoms with Crippen LogP contribution in [0.4, 0.5) is 0 Å². The minimum absolute atomic E-state index is 0.0417. The van der Waals surface area contributed by atoms with Crippen LogP contribution in [0.25, 0.3) is 5.65 Å². The molecule has 3 rings (SSSR count). The number of carbonyl (C=O) groups excluding carboxylic acids is 2. The lowest BCUT2D eigenvalue weighted by Gasteiger charge is -2.31. The fourth-order valence-corrected chi connectivity index (χ4v) is 3.18. The van der Waals surface area contributed by atoms with Crippen LogP contribution < -0.4 is 5.32 Å². The third-order valence-corrected chi connectivity index (χ3v) is 4.48. The molecule has 8 nitrogen and oxygen atoms in total. The first-order chi connectivity index (χ1) is 11.6. The summed E-state index contributed by atoms with van der Waals surface area (Å²) < 4.78 is 3.54. The summed E-state index contributed by atoms with van der Waals surface area (Å²) in [5.74, 6) is -0.319. The van der Waals surface area contributed by atoms with Crippen LogP contribution in [-0.4, -0.2) is 62.2 Å². The Morgan fingerprint density at radius 3 is 3.04 bits per heavy atom. The highest BCUT2D eigenvalue weighted by Crippen LogP contribution is 2.21. The summed E-state index contributed by atoms with van der Waals surface area (Å²) in [7, 11) is 1.88. The predicted octanol–water partition coefficient (Wildman–Crippen LogP) is 0.0236. The van der Waals surface area contributed by atoms with Gasteiger partial charge in [-0.2, -0.15) is 5.10 Å². The average molecular weight is 333 g/mol. The van der Waals surface area contributed by atoms with Gasteiger partial charge < -0.3 is 19.9 Å². The maximum Gasteiger partial charge on any atom is 0.259 e. The second kappa shape index (κ2) is 7.04. The van der Waals surface area contributed by atoms with Crippen molar-refractivity contribution in [1.82, 2.24) is 24.4 Å². The van der Waals surface area contributed by atoms with Crippen LogP contribution in [0.1, 0.15) is 29.6 Å². The van der Waals surface area contributed by atoms with E-state index in [1.165, 1.54) is 0 Å². The highest BCUT2D eigenvalue weighted by molar-refractivity contribution is 6.00. The molecule has 1 aliphatic heterocycles. The molecular weight excluding hydrogens is 310 g/mol. The topological polar surface area (TPSA) is 91.9 Å². The molecule has 24 heavy (non-hydrogen) atoms. The van der Waals surface area contributed by atoms with Crippen LogP contribution in [0.3, 0.4) is 0 Å². The third kappa shape index (κ3) is 3.14. The number of aliphatic hydroxyl groups excluding tert-OH is 1. The number of likely N-dealkylation sites (tertiary alicyclic amines) is 1. The summed E-state index contributed by atoms with van der Waals surface area (Å²) in [4.78, 5) is 26.8. The van der Waals surface area contributed by atoms with Gasteiger partial charge in [0, 0.05) is 45.7 Å². The fourth-order valence-electron chi connectivity index (χ4n) is 3.18. The van der Waals surface area contributed by atoms with Gasteiger partial charge >= 0.3 is 0 Å². The van der Waals surface area contributed by atoms with Gasteiger partial charge in [0.05, 0.1) is 12.1 Å². The quantitative estimate of drug-likeness (QED) is 0.755. The van der Waals surface area contributed by atoms with Crippen LogP contribution >= 0.6 is 0 Å². The van der Waals surface area contributed by atoms with E-state index in [1.807, 2.05) is 17.8 Å². The van der Waals surface area contributed by atoms with Crippen molar-refractivity contribution in [1.29, 1.82) is 0 Å². The van der Waals surface area contributed by atoms with Crippen molar-refractivity contribution in [3.63, 3.8) is 0 Å². The van der Waals surface area contributed by atoms with Crippen molar-refractivity contribution in [2.24, 2.45) is 13.0 Å². The van der Waals surface area contributed by atoms with Crippen molar-refractivity contribution < 1.29 is 14.7 Å². The van der Waals surface area contributed by atoms with E-state index in [0.29, 0.717) is 31.6 Å². The number of fused-ring (bicyclic) bond motifs is 1. The number of amides is 2. The number of aryl methyl sites for hydroxylation is 1. The molecule has 1 saturated heterocycles. The molecule has 2 N–H and O–H groups in total. The first kappa shape index (κ1) is 16.5. The number of nitrogens with zero attached hydrogens (tertiary/aromatic N) is 4. The lowest BCUT2D eigenvalue weighted by atomic mass is 9.96. The number of hydrogen-bond donors (Lipinski definition) is 2. The molecule has 0 spiro atoms. The zero-order valence-corrected chi connectivity index (χ0v) is 13.8. The second-order valence-electron chi connectivity index (χ2n) is 6.19. The van der Waals surface area contributed by atoms with Gasteiger partial charge in [-0.3, -0.25) is 9.59 Å². The number of aromatic nitrogens is 3. The summed E-state index contributed by atoms with van der Waals surface area (Å²) in [6, 6.07) is 0. The number of aliphatic hydroxyl groups is 1. The molecule has 8 heteroatoms. The van der Waals surface area contributed by atoms with Gasteiger partial charge in [0.25, 0.3) is 5.91 Å². The molecule has 1 aliphatic rings. The Morgan fingerprint density at radius 1 is 1.42 bits per heavy atom. The first-order valence-corrected chi connectivity index (χ1v) is 8.28. The van der Waals surface area contributed by atoms with Crippen LogP contribution in [0.2, 0.25) is 0 Å². The van der Waals surface area contributed by atoms with Gasteiger partial charge in [-0.05, 0) is 19.3 Å². The van der Waals surface area contributed by atoms with Crippen LogP contribution in [0.15, 0.2) is 18.6 Å². The van der Waals surface area contributed by atoms with E-state index in [2.05, 4.69) is 10.4 Å². The molecule has 130 valence electrons. The average Bonchev–Trinajstić information content (AvgIpc) is 3.18. The predicted molar refractivity (Wildman–Crippen MR) is 87.5 cm³/mol. The van der Waals surface area contributed by atoms with Gasteiger partial charge in [-0.25, -0.2) is 4.52 Å². The monoisotopic (exact) mass is 333 g/mol. The molecule has 3 heterocycles. The lowest BCUT2D eigenvalue weighted by Crippen LogP contribution is -2.45. The smallest absolute Gasteiger partial charge is 0.259 e. The van der Waals surface area contributed by atoms with E-state index in [9.17, 15) is 9.59 Å². The van der Waals surface area contributed by atoms with Crippen molar-refractivity contribution in [2.45, 2.75) is 19.3 Å². The zero-order chi connectivity index (χ0) is 17.1. The lowest BCUT2D eigenvalue weighted by molar-refractivity contribution is -0.126. The standard InChI is InChI=1S/C16H23N5O3/c1-19-7-8-21-15(19)13(10-18-21)16(24)20-6-2-4-12(11-20)14(23)17-5-3-9-22/h7-8,10,12,22H,2-6,9,11H2,1H3,(H,17,23). The van der Waals surface area contributed by atoms with Crippen molar-refractivity contribution in [3.05, 3.63) is 24.2 Å². The van der Waals surface area contributed by atoms with Crippen LogP contribution in [-0.2, 0) is 11.8 Å². The molecule has 0 radical (unpaired) electrons. The number of rotatable bonds is 5. The zero-order valence-electron chi connectivity index (χ0n) is 13.8. The van der Waals surface area contributed by atoms with Gasteiger partial charge in [0.15, 0.2) is 0 Å². The molecule has 0 aliphatic carbocycles. The highest BCUT2D eigenvalue weighted by Gasteiger charge is 2.30. The summed E-state index contributed by atoms with van der Waals surface area (Å²) in [6.45, 7) is 1.60. The fraction of sp³-hybridized carbons (Fsp3) is 0.562. The van der Waals surface area contributed by atoms with Crippen LogP contribution in [0.5, 0.6) is 0 Å². The molecule has 2 aromatic rings. The maximum absolute atomic E-state index is 12.8. The summed E-state index contributed by atoms with van der Waals surface area (Å²) in [5, 5.41) is 15.8. The largest absolute Gasteiger partial charge is 0.396 e. The Kier molecular flexibility index (Phi) is 4.84. The minimum atomic E-state index is -0.194. The number of imidazole rings is 1. The summed E-state index contributed by atoms with van der Waals surface area (Å²) >= 11 is 0. The van der Waals surface area contributed by atoms with Crippen molar-refractivity contribution >= 4 is 17.5 Å². The minimum Gasteiger partial charge on any atom is -0.396 e.